The van der Waals surface area contributed by atoms with Gasteiger partial charge < -0.3 is 9.32 Å². The number of amides is 1. The summed E-state index contributed by atoms with van der Waals surface area (Å²) in [4.78, 5) is 21.0. The number of benzene rings is 1. The van der Waals surface area contributed by atoms with E-state index in [9.17, 15) is 13.6 Å². The summed E-state index contributed by atoms with van der Waals surface area (Å²) in [6.45, 7) is 5.15. The van der Waals surface area contributed by atoms with E-state index in [4.69, 9.17) is 4.42 Å². The van der Waals surface area contributed by atoms with Gasteiger partial charge in [-0.1, -0.05) is 13.0 Å². The summed E-state index contributed by atoms with van der Waals surface area (Å²) in [5.74, 6) is 0.114. The summed E-state index contributed by atoms with van der Waals surface area (Å²) >= 11 is 0. The van der Waals surface area contributed by atoms with Gasteiger partial charge in [-0.3, -0.25) is 9.69 Å². The molecule has 2 aromatic rings. The molecule has 7 heteroatoms. The van der Waals surface area contributed by atoms with Gasteiger partial charge in [0.2, 0.25) is 0 Å². The third-order valence-electron chi connectivity index (χ3n) is 5.34. The fourth-order valence-corrected chi connectivity index (χ4v) is 3.88. The lowest BCUT2D eigenvalue weighted by atomic mass is 10.0. The summed E-state index contributed by atoms with van der Waals surface area (Å²) < 4.78 is 32.7. The Labute approximate surface area is 157 Å². The number of likely N-dealkylation sites (tertiary alicyclic amines) is 1. The molecular weight excluding hydrogens is 352 g/mol. The third-order valence-corrected chi connectivity index (χ3v) is 5.34. The lowest BCUT2D eigenvalue weighted by molar-refractivity contribution is 0.0640. The van der Waals surface area contributed by atoms with Crippen molar-refractivity contribution in [3.05, 3.63) is 52.7 Å². The van der Waals surface area contributed by atoms with Gasteiger partial charge >= 0.3 is 5.91 Å². The molecule has 2 aliphatic rings. The molecule has 0 N–H and O–H groups in total. The number of hydrogen-bond acceptors (Lipinski definition) is 4. The number of carbonyl (C=O) groups excluding carboxylic acids is 1. The minimum Gasteiger partial charge on any atom is -0.437 e. The van der Waals surface area contributed by atoms with E-state index in [-0.39, 0.29) is 11.8 Å². The van der Waals surface area contributed by atoms with Crippen molar-refractivity contribution in [1.82, 2.24) is 14.8 Å². The summed E-state index contributed by atoms with van der Waals surface area (Å²) in [6, 6.07) is 3.63. The van der Waals surface area contributed by atoms with Crippen LogP contribution in [0, 0.1) is 17.6 Å². The Morgan fingerprint density at radius 2 is 2.19 bits per heavy atom. The van der Waals surface area contributed by atoms with Crippen molar-refractivity contribution < 1.29 is 18.0 Å². The predicted molar refractivity (Wildman–Crippen MR) is 95.0 cm³/mol. The van der Waals surface area contributed by atoms with Crippen LogP contribution in [0.4, 0.5) is 8.78 Å². The fraction of sp³-hybridized carbons (Fsp3) is 0.500. The van der Waals surface area contributed by atoms with Crippen molar-refractivity contribution in [2.75, 3.05) is 19.6 Å². The van der Waals surface area contributed by atoms with E-state index in [0.29, 0.717) is 37.5 Å². The van der Waals surface area contributed by atoms with Crippen LogP contribution in [0.3, 0.4) is 0 Å². The second-order valence-electron chi connectivity index (χ2n) is 7.58. The molecule has 144 valence electrons. The number of fused-ring (bicyclic) bond motifs is 1. The summed E-state index contributed by atoms with van der Waals surface area (Å²) in [6.07, 6.45) is 2.76. The monoisotopic (exact) mass is 375 g/mol. The number of halogens is 2. The van der Waals surface area contributed by atoms with Gasteiger partial charge in [0.25, 0.3) is 5.89 Å². The molecule has 3 heterocycles. The Bertz CT molecular complexity index is 852. The quantitative estimate of drug-likeness (QED) is 0.825. The van der Waals surface area contributed by atoms with Gasteiger partial charge in [0.1, 0.15) is 17.4 Å². The van der Waals surface area contributed by atoms with E-state index >= 15 is 0 Å². The van der Waals surface area contributed by atoms with Crippen molar-refractivity contribution in [2.45, 2.75) is 39.3 Å². The molecule has 0 radical (unpaired) electrons. The van der Waals surface area contributed by atoms with E-state index in [1.54, 1.807) is 0 Å². The maximum Gasteiger partial charge on any atom is 0.309 e. The van der Waals surface area contributed by atoms with Crippen molar-refractivity contribution in [2.24, 2.45) is 5.92 Å². The lowest BCUT2D eigenvalue weighted by Gasteiger charge is -2.29. The van der Waals surface area contributed by atoms with Crippen molar-refractivity contribution in [1.29, 1.82) is 0 Å². The molecule has 1 aromatic heterocycles. The first-order valence-corrected chi connectivity index (χ1v) is 9.43. The Morgan fingerprint density at radius 3 is 2.96 bits per heavy atom. The molecule has 0 unspecified atom stereocenters. The van der Waals surface area contributed by atoms with Crippen LogP contribution < -0.4 is 0 Å². The van der Waals surface area contributed by atoms with Crippen molar-refractivity contribution in [3.63, 3.8) is 0 Å². The fourth-order valence-electron chi connectivity index (χ4n) is 3.88. The molecule has 5 nitrogen and oxygen atoms in total. The van der Waals surface area contributed by atoms with Crippen molar-refractivity contribution >= 4 is 5.91 Å². The van der Waals surface area contributed by atoms with Crippen LogP contribution in [0.15, 0.2) is 22.6 Å². The average molecular weight is 375 g/mol. The molecule has 1 saturated heterocycles. The number of carbonyl (C=O) groups is 1. The first-order valence-electron chi connectivity index (χ1n) is 9.43. The van der Waals surface area contributed by atoms with Gasteiger partial charge in [0.05, 0.1) is 5.69 Å². The normalized spacial score (nSPS) is 20.6. The highest BCUT2D eigenvalue weighted by Gasteiger charge is 2.29. The molecule has 1 fully saturated rings. The molecule has 2 aliphatic heterocycles. The van der Waals surface area contributed by atoms with E-state index < -0.39 is 11.6 Å². The smallest absolute Gasteiger partial charge is 0.309 e. The van der Waals surface area contributed by atoms with Crippen LogP contribution in [0.2, 0.25) is 0 Å². The molecule has 0 spiro atoms. The first-order chi connectivity index (χ1) is 13.0. The lowest BCUT2D eigenvalue weighted by Crippen LogP contribution is -2.39. The van der Waals surface area contributed by atoms with Crippen LogP contribution in [0.1, 0.15) is 47.5 Å². The van der Waals surface area contributed by atoms with Gasteiger partial charge in [-0.25, -0.2) is 13.8 Å². The number of hydrogen-bond donors (Lipinski definition) is 0. The highest BCUT2D eigenvalue weighted by molar-refractivity contribution is 5.89. The molecule has 1 aromatic carbocycles. The molecule has 0 bridgehead atoms. The van der Waals surface area contributed by atoms with E-state index in [1.165, 1.54) is 12.1 Å². The maximum absolute atomic E-state index is 13.9. The standard InChI is InChI=1S/C20H23F2N3O2/c1-13-3-2-7-25(10-13)20(26)19-23-17-12-24(8-6-18(17)27-19)11-14-4-5-15(21)9-16(14)22/h4-5,9,13H,2-3,6-8,10-12H2,1H3/t13-/m0/s1. The highest BCUT2D eigenvalue weighted by Crippen LogP contribution is 2.24. The minimum absolute atomic E-state index is 0.146. The van der Waals surface area contributed by atoms with E-state index in [0.717, 1.165) is 43.5 Å². The van der Waals surface area contributed by atoms with Gasteiger partial charge in [0.15, 0.2) is 0 Å². The van der Waals surface area contributed by atoms with Gasteiger partial charge in [0, 0.05) is 50.8 Å². The SMILES string of the molecule is C[C@H]1CCCN(C(=O)c2nc3c(o2)CCN(Cc2ccc(F)cc2F)C3)C1. The molecule has 1 atom stereocenters. The van der Waals surface area contributed by atoms with E-state index in [1.807, 2.05) is 9.80 Å². The number of nitrogens with zero attached hydrogens (tertiary/aromatic N) is 3. The first kappa shape index (κ1) is 18.1. The van der Waals surface area contributed by atoms with Crippen molar-refractivity contribution in [3.8, 4) is 0 Å². The minimum atomic E-state index is -0.580. The van der Waals surface area contributed by atoms with Crippen LogP contribution in [-0.4, -0.2) is 40.3 Å². The Kier molecular flexibility index (Phi) is 4.95. The summed E-state index contributed by atoms with van der Waals surface area (Å²) in [5.41, 5.74) is 1.18. The molecule has 4 rings (SSSR count). The van der Waals surface area contributed by atoms with Gasteiger partial charge in [-0.15, -0.1) is 0 Å². The molecule has 0 saturated carbocycles. The summed E-state index contributed by atoms with van der Waals surface area (Å²) in [5, 5.41) is 0. The Balaban J connectivity index is 1.45. The Morgan fingerprint density at radius 1 is 1.33 bits per heavy atom. The van der Waals surface area contributed by atoms with Crippen LogP contribution >= 0.6 is 0 Å². The van der Waals surface area contributed by atoms with Crippen LogP contribution in [-0.2, 0) is 19.5 Å². The number of rotatable bonds is 3. The molecule has 1 amide bonds. The topological polar surface area (TPSA) is 49.6 Å². The van der Waals surface area contributed by atoms with Crippen LogP contribution in [0.5, 0.6) is 0 Å². The highest BCUT2D eigenvalue weighted by atomic mass is 19.1. The maximum atomic E-state index is 13.9. The average Bonchev–Trinajstić information content (AvgIpc) is 3.07. The third kappa shape index (κ3) is 3.88. The largest absolute Gasteiger partial charge is 0.437 e. The van der Waals surface area contributed by atoms with Gasteiger partial charge in [-0.2, -0.15) is 0 Å². The zero-order valence-electron chi connectivity index (χ0n) is 15.4. The second-order valence-corrected chi connectivity index (χ2v) is 7.58. The molecule has 0 aliphatic carbocycles. The predicted octanol–water partition coefficient (Wildman–Crippen LogP) is 3.38. The number of oxazole rings is 1. The number of aromatic nitrogens is 1. The zero-order valence-corrected chi connectivity index (χ0v) is 15.4. The molecular formula is C20H23F2N3O2. The second kappa shape index (κ2) is 7.38. The van der Waals surface area contributed by atoms with Crippen LogP contribution in [0.25, 0.3) is 0 Å². The molecule has 27 heavy (non-hydrogen) atoms. The zero-order chi connectivity index (χ0) is 19.0. The number of piperidine rings is 1. The Hall–Kier alpha value is -2.28. The van der Waals surface area contributed by atoms with E-state index in [2.05, 4.69) is 11.9 Å². The van der Waals surface area contributed by atoms with Gasteiger partial charge in [-0.05, 0) is 24.8 Å². The summed E-state index contributed by atoms with van der Waals surface area (Å²) in [7, 11) is 0.